The topological polar surface area (TPSA) is 47.1 Å². The second-order valence-electron chi connectivity index (χ2n) is 5.98. The van der Waals surface area contributed by atoms with Gasteiger partial charge in [-0.15, -0.1) is 0 Å². The van der Waals surface area contributed by atoms with Crippen LogP contribution in [0.2, 0.25) is 0 Å². The van der Waals surface area contributed by atoms with Crippen LogP contribution in [-0.4, -0.2) is 34.1 Å². The largest absolute Gasteiger partial charge is 0.331 e. The zero-order valence-corrected chi connectivity index (χ0v) is 12.0. The second kappa shape index (κ2) is 5.41. The molecule has 0 bridgehead atoms. The third kappa shape index (κ3) is 2.45. The predicted octanol–water partition coefficient (Wildman–Crippen LogP) is 2.05. The van der Waals surface area contributed by atoms with Gasteiger partial charge in [-0.05, 0) is 25.7 Å². The van der Waals surface area contributed by atoms with Gasteiger partial charge in [-0.2, -0.15) is 0 Å². The molecule has 3 atom stereocenters. The summed E-state index contributed by atoms with van der Waals surface area (Å²) in [7, 11) is 0. The van der Waals surface area contributed by atoms with Gasteiger partial charge < -0.3 is 10.3 Å². The molecule has 1 aliphatic rings. The Hall–Kier alpha value is -0.870. The fourth-order valence-electron chi connectivity index (χ4n) is 2.89. The number of hydrogen-bond acceptors (Lipinski definition) is 3. The van der Waals surface area contributed by atoms with Gasteiger partial charge in [0.25, 0.3) is 0 Å². The first-order valence-electron chi connectivity index (χ1n) is 7.00. The summed E-state index contributed by atoms with van der Waals surface area (Å²) in [6, 6.07) is 0.747. The van der Waals surface area contributed by atoms with E-state index in [-0.39, 0.29) is 0 Å². The molecule has 4 nitrogen and oxygen atoms in total. The van der Waals surface area contributed by atoms with Crippen molar-refractivity contribution in [2.24, 2.45) is 17.6 Å². The number of aromatic nitrogens is 2. The SMILES string of the molecule is CC1CN(C(CN)c2cncn2C(C)C)CC1C. The molecule has 2 rings (SSSR count). The van der Waals surface area contributed by atoms with Crippen LogP contribution in [0.5, 0.6) is 0 Å². The smallest absolute Gasteiger partial charge is 0.0951 e. The summed E-state index contributed by atoms with van der Waals surface area (Å²) >= 11 is 0. The van der Waals surface area contributed by atoms with Crippen molar-refractivity contribution in [2.75, 3.05) is 19.6 Å². The summed E-state index contributed by atoms with van der Waals surface area (Å²) in [6.45, 7) is 12.0. The van der Waals surface area contributed by atoms with E-state index in [1.165, 1.54) is 5.69 Å². The van der Waals surface area contributed by atoms with Gasteiger partial charge in [-0.1, -0.05) is 13.8 Å². The van der Waals surface area contributed by atoms with Crippen LogP contribution in [0.1, 0.15) is 45.5 Å². The number of likely N-dealkylation sites (tertiary alicyclic amines) is 1. The molecule has 1 fully saturated rings. The van der Waals surface area contributed by atoms with Crippen molar-refractivity contribution < 1.29 is 0 Å². The molecule has 0 radical (unpaired) electrons. The quantitative estimate of drug-likeness (QED) is 0.889. The molecule has 0 saturated carbocycles. The first kappa shape index (κ1) is 13.6. The minimum absolute atomic E-state index is 0.308. The van der Waals surface area contributed by atoms with E-state index in [0.717, 1.165) is 24.9 Å². The number of hydrogen-bond donors (Lipinski definition) is 1. The van der Waals surface area contributed by atoms with Crippen LogP contribution in [0.3, 0.4) is 0 Å². The first-order valence-corrected chi connectivity index (χ1v) is 7.00. The van der Waals surface area contributed by atoms with Crippen LogP contribution >= 0.6 is 0 Å². The Labute approximate surface area is 110 Å². The van der Waals surface area contributed by atoms with Gasteiger partial charge >= 0.3 is 0 Å². The molecule has 102 valence electrons. The molecular formula is C14H26N4. The van der Waals surface area contributed by atoms with E-state index in [2.05, 4.69) is 42.1 Å². The lowest BCUT2D eigenvalue weighted by Crippen LogP contribution is -2.34. The zero-order chi connectivity index (χ0) is 13.3. The highest BCUT2D eigenvalue weighted by Gasteiger charge is 2.32. The van der Waals surface area contributed by atoms with E-state index >= 15 is 0 Å². The molecular weight excluding hydrogens is 224 g/mol. The summed E-state index contributed by atoms with van der Waals surface area (Å²) in [5, 5.41) is 0. The van der Waals surface area contributed by atoms with E-state index in [0.29, 0.717) is 18.6 Å². The lowest BCUT2D eigenvalue weighted by atomic mass is 10.0. The van der Waals surface area contributed by atoms with E-state index in [1.807, 2.05) is 12.5 Å². The maximum absolute atomic E-state index is 6.02. The highest BCUT2D eigenvalue weighted by Crippen LogP contribution is 2.30. The third-order valence-electron chi connectivity index (χ3n) is 4.27. The van der Waals surface area contributed by atoms with E-state index in [9.17, 15) is 0 Å². The van der Waals surface area contributed by atoms with Gasteiger partial charge in [0.2, 0.25) is 0 Å². The molecule has 1 aromatic heterocycles. The minimum Gasteiger partial charge on any atom is -0.331 e. The molecule has 18 heavy (non-hydrogen) atoms. The molecule has 2 N–H and O–H groups in total. The molecule has 3 unspecified atom stereocenters. The van der Waals surface area contributed by atoms with E-state index < -0.39 is 0 Å². The Balaban J connectivity index is 2.21. The molecule has 4 heteroatoms. The molecule has 0 spiro atoms. The van der Waals surface area contributed by atoms with Crippen LogP contribution < -0.4 is 5.73 Å². The molecule has 0 aromatic carbocycles. The molecule has 0 amide bonds. The average Bonchev–Trinajstić information content (AvgIpc) is 2.89. The van der Waals surface area contributed by atoms with Gasteiger partial charge in [0.05, 0.1) is 18.1 Å². The standard InChI is InChI=1S/C14H26N4/c1-10(2)18-9-16-6-14(18)13(5-15)17-7-11(3)12(4)8-17/h6,9-13H,5,7-8,15H2,1-4H3. The summed E-state index contributed by atoms with van der Waals surface area (Å²) in [5.41, 5.74) is 7.28. The van der Waals surface area contributed by atoms with Crippen molar-refractivity contribution in [3.05, 3.63) is 18.2 Å². The van der Waals surface area contributed by atoms with Crippen LogP contribution in [0.25, 0.3) is 0 Å². The molecule has 0 aliphatic carbocycles. The second-order valence-corrected chi connectivity index (χ2v) is 5.98. The Morgan fingerprint density at radius 2 is 1.94 bits per heavy atom. The van der Waals surface area contributed by atoms with Crippen molar-refractivity contribution >= 4 is 0 Å². The lowest BCUT2D eigenvalue weighted by Gasteiger charge is -2.28. The predicted molar refractivity (Wildman–Crippen MR) is 74.3 cm³/mol. The van der Waals surface area contributed by atoms with Gasteiger partial charge in [-0.3, -0.25) is 4.90 Å². The van der Waals surface area contributed by atoms with Crippen LogP contribution in [-0.2, 0) is 0 Å². The number of nitrogens with zero attached hydrogens (tertiary/aromatic N) is 3. The van der Waals surface area contributed by atoms with Gasteiger partial charge in [0.1, 0.15) is 0 Å². The molecule has 1 aliphatic heterocycles. The fraction of sp³-hybridized carbons (Fsp3) is 0.786. The number of imidazole rings is 1. The number of rotatable bonds is 4. The summed E-state index contributed by atoms with van der Waals surface area (Å²) in [5.74, 6) is 1.52. The number of nitrogens with two attached hydrogens (primary N) is 1. The summed E-state index contributed by atoms with van der Waals surface area (Å²) in [6.07, 6.45) is 3.90. The highest BCUT2D eigenvalue weighted by molar-refractivity contribution is 5.08. The van der Waals surface area contributed by atoms with Crippen molar-refractivity contribution in [3.8, 4) is 0 Å². The summed E-state index contributed by atoms with van der Waals surface area (Å²) < 4.78 is 2.24. The van der Waals surface area contributed by atoms with Crippen molar-refractivity contribution in [3.63, 3.8) is 0 Å². The van der Waals surface area contributed by atoms with Gasteiger partial charge in [0.15, 0.2) is 0 Å². The Morgan fingerprint density at radius 1 is 1.33 bits per heavy atom. The van der Waals surface area contributed by atoms with Crippen molar-refractivity contribution in [2.45, 2.75) is 39.8 Å². The Bertz CT molecular complexity index is 375. The van der Waals surface area contributed by atoms with Crippen molar-refractivity contribution in [1.82, 2.24) is 14.5 Å². The zero-order valence-electron chi connectivity index (χ0n) is 12.0. The van der Waals surface area contributed by atoms with Crippen LogP contribution in [0, 0.1) is 11.8 Å². The molecule has 2 heterocycles. The summed E-state index contributed by atoms with van der Waals surface area (Å²) in [4.78, 5) is 6.82. The average molecular weight is 250 g/mol. The molecule has 1 aromatic rings. The van der Waals surface area contributed by atoms with E-state index in [1.54, 1.807) is 0 Å². The maximum Gasteiger partial charge on any atom is 0.0951 e. The third-order valence-corrected chi connectivity index (χ3v) is 4.27. The monoisotopic (exact) mass is 250 g/mol. The van der Waals surface area contributed by atoms with E-state index in [4.69, 9.17) is 5.73 Å². The minimum atomic E-state index is 0.308. The molecule has 1 saturated heterocycles. The Morgan fingerprint density at radius 3 is 2.44 bits per heavy atom. The first-order chi connectivity index (χ1) is 8.54. The van der Waals surface area contributed by atoms with Crippen LogP contribution in [0.4, 0.5) is 0 Å². The van der Waals surface area contributed by atoms with Gasteiger partial charge in [0, 0.05) is 31.9 Å². The maximum atomic E-state index is 6.02. The fourth-order valence-corrected chi connectivity index (χ4v) is 2.89. The van der Waals surface area contributed by atoms with Crippen LogP contribution in [0.15, 0.2) is 12.5 Å². The normalized spacial score (nSPS) is 27.0. The highest BCUT2D eigenvalue weighted by atomic mass is 15.2. The lowest BCUT2D eigenvalue weighted by molar-refractivity contribution is 0.229. The van der Waals surface area contributed by atoms with Gasteiger partial charge in [-0.25, -0.2) is 4.98 Å². The Kier molecular flexibility index (Phi) is 4.07. The van der Waals surface area contributed by atoms with Crippen molar-refractivity contribution in [1.29, 1.82) is 0 Å².